The number of carbonyl (C=O) groups is 2. The van der Waals surface area contributed by atoms with Crippen LogP contribution in [0.5, 0.6) is 0 Å². The first-order valence-electron chi connectivity index (χ1n) is 4.40. The van der Waals surface area contributed by atoms with Crippen molar-refractivity contribution in [1.29, 1.82) is 0 Å². The number of unbranched alkanes of at least 4 members (excludes halogenated alkanes) is 2. The summed E-state index contributed by atoms with van der Waals surface area (Å²) in [6, 6.07) is 0.212. The van der Waals surface area contributed by atoms with Crippen molar-refractivity contribution in [3.8, 4) is 0 Å². The van der Waals surface area contributed by atoms with E-state index in [2.05, 4.69) is 5.32 Å². The van der Waals surface area contributed by atoms with E-state index >= 15 is 0 Å². The van der Waals surface area contributed by atoms with Gasteiger partial charge in [0.25, 0.3) is 0 Å². The number of carbonyl (C=O) groups excluding carboxylic acids is 2. The fourth-order valence-electron chi connectivity index (χ4n) is 0.907. The van der Waals surface area contributed by atoms with E-state index in [1.165, 1.54) is 0 Å². The minimum absolute atomic E-state index is 0.0795. The van der Waals surface area contributed by atoms with E-state index in [0.717, 1.165) is 19.1 Å². The summed E-state index contributed by atoms with van der Waals surface area (Å²) in [5, 5.41) is 2.79. The van der Waals surface area contributed by atoms with E-state index < -0.39 is 0 Å². The molecule has 0 bridgehead atoms. The van der Waals surface area contributed by atoms with Crippen molar-refractivity contribution in [1.82, 2.24) is 5.32 Å². The molecule has 0 saturated carbocycles. The van der Waals surface area contributed by atoms with Crippen molar-refractivity contribution in [3.63, 3.8) is 0 Å². The summed E-state index contributed by atoms with van der Waals surface area (Å²) >= 11 is 0. The second kappa shape index (κ2) is 6.83. The predicted octanol–water partition coefficient (Wildman–Crippen LogP) is 1.27. The van der Waals surface area contributed by atoms with Crippen LogP contribution < -0.4 is 5.32 Å². The van der Waals surface area contributed by atoms with Gasteiger partial charge < -0.3 is 10.1 Å². The highest BCUT2D eigenvalue weighted by Gasteiger charge is 2.01. The largest absolute Gasteiger partial charge is 0.354 e. The fourth-order valence-corrected chi connectivity index (χ4v) is 0.907. The van der Waals surface area contributed by atoms with Gasteiger partial charge in [-0.15, -0.1) is 0 Å². The number of hydrogen-bond acceptors (Lipinski definition) is 2. The first-order valence-corrected chi connectivity index (χ1v) is 4.40. The van der Waals surface area contributed by atoms with Crippen molar-refractivity contribution in [2.24, 2.45) is 0 Å². The number of hydrogen-bond donors (Lipinski definition) is 1. The van der Waals surface area contributed by atoms with E-state index in [0.29, 0.717) is 12.8 Å². The van der Waals surface area contributed by atoms with Crippen LogP contribution in [0, 0.1) is 0 Å². The van der Waals surface area contributed by atoms with E-state index in [4.69, 9.17) is 0 Å². The molecule has 0 rings (SSSR count). The first-order chi connectivity index (χ1) is 5.66. The summed E-state index contributed by atoms with van der Waals surface area (Å²) in [5.41, 5.74) is 0. The highest BCUT2D eigenvalue weighted by molar-refractivity contribution is 5.76. The Morgan fingerprint density at radius 3 is 2.58 bits per heavy atom. The third kappa shape index (κ3) is 7.25. The van der Waals surface area contributed by atoms with Gasteiger partial charge in [-0.25, -0.2) is 0 Å². The average Bonchev–Trinajstić information content (AvgIpc) is 1.97. The van der Waals surface area contributed by atoms with Crippen molar-refractivity contribution in [2.45, 2.75) is 45.6 Å². The Hall–Kier alpha value is -0.860. The lowest BCUT2D eigenvalue weighted by atomic mass is 10.2. The molecule has 0 fully saturated rings. The molecule has 0 aliphatic rings. The molecule has 0 heterocycles. The van der Waals surface area contributed by atoms with Crippen molar-refractivity contribution >= 4 is 12.2 Å². The van der Waals surface area contributed by atoms with Gasteiger partial charge in [0.15, 0.2) is 0 Å². The van der Waals surface area contributed by atoms with E-state index in [1.54, 1.807) is 0 Å². The summed E-state index contributed by atoms with van der Waals surface area (Å²) in [5.74, 6) is 0.0795. The maximum atomic E-state index is 11.0. The second-order valence-electron chi connectivity index (χ2n) is 3.13. The summed E-state index contributed by atoms with van der Waals surface area (Å²) < 4.78 is 0. The van der Waals surface area contributed by atoms with Crippen molar-refractivity contribution < 1.29 is 9.59 Å². The molecule has 1 amide bonds. The highest BCUT2D eigenvalue weighted by Crippen LogP contribution is 1.97. The Bertz CT molecular complexity index is 143. The maximum absolute atomic E-state index is 11.0. The molecule has 0 radical (unpaired) electrons. The van der Waals surface area contributed by atoms with Crippen LogP contribution >= 0.6 is 0 Å². The smallest absolute Gasteiger partial charge is 0.220 e. The Labute approximate surface area is 73.5 Å². The van der Waals surface area contributed by atoms with Crippen LogP contribution in [0.4, 0.5) is 0 Å². The topological polar surface area (TPSA) is 46.2 Å². The molecule has 0 unspecified atom stereocenters. The van der Waals surface area contributed by atoms with Crippen LogP contribution in [0.3, 0.4) is 0 Å². The molecule has 0 saturated heterocycles. The molecule has 0 aliphatic heterocycles. The molecular weight excluding hydrogens is 154 g/mol. The lowest BCUT2D eigenvalue weighted by Crippen LogP contribution is -2.29. The number of rotatable bonds is 6. The molecule has 12 heavy (non-hydrogen) atoms. The van der Waals surface area contributed by atoms with Gasteiger partial charge in [-0.1, -0.05) is 0 Å². The lowest BCUT2D eigenvalue weighted by molar-refractivity contribution is -0.121. The summed E-state index contributed by atoms with van der Waals surface area (Å²) in [7, 11) is 0. The maximum Gasteiger partial charge on any atom is 0.220 e. The molecule has 0 spiro atoms. The highest BCUT2D eigenvalue weighted by atomic mass is 16.1. The molecule has 0 aliphatic carbocycles. The van der Waals surface area contributed by atoms with Gasteiger partial charge in [0, 0.05) is 18.9 Å². The zero-order chi connectivity index (χ0) is 9.40. The molecule has 0 aromatic carbocycles. The minimum atomic E-state index is 0.0795. The van der Waals surface area contributed by atoms with Gasteiger partial charge in [-0.3, -0.25) is 4.79 Å². The Morgan fingerprint density at radius 2 is 2.08 bits per heavy atom. The van der Waals surface area contributed by atoms with Crippen LogP contribution in [0.2, 0.25) is 0 Å². The fraction of sp³-hybridized carbons (Fsp3) is 0.778. The molecule has 3 nitrogen and oxygen atoms in total. The predicted molar refractivity (Wildman–Crippen MR) is 47.8 cm³/mol. The van der Waals surface area contributed by atoms with Gasteiger partial charge in [-0.05, 0) is 26.7 Å². The van der Waals surface area contributed by atoms with Gasteiger partial charge in [0.05, 0.1) is 0 Å². The van der Waals surface area contributed by atoms with E-state index in [-0.39, 0.29) is 11.9 Å². The van der Waals surface area contributed by atoms with Crippen LogP contribution in [-0.4, -0.2) is 18.2 Å². The molecule has 0 aromatic heterocycles. The van der Waals surface area contributed by atoms with Crippen LogP contribution in [0.1, 0.15) is 39.5 Å². The third-order valence-electron chi connectivity index (χ3n) is 1.43. The van der Waals surface area contributed by atoms with Crippen LogP contribution in [-0.2, 0) is 9.59 Å². The Kier molecular flexibility index (Phi) is 6.34. The number of nitrogens with one attached hydrogen (secondary N) is 1. The van der Waals surface area contributed by atoms with Crippen LogP contribution in [0.15, 0.2) is 0 Å². The van der Waals surface area contributed by atoms with Crippen LogP contribution in [0.25, 0.3) is 0 Å². The molecular formula is C9H17NO2. The van der Waals surface area contributed by atoms with E-state index in [1.807, 2.05) is 13.8 Å². The lowest BCUT2D eigenvalue weighted by Gasteiger charge is -2.06. The van der Waals surface area contributed by atoms with Crippen molar-refractivity contribution in [3.05, 3.63) is 0 Å². The molecule has 0 aromatic rings. The van der Waals surface area contributed by atoms with Gasteiger partial charge in [-0.2, -0.15) is 0 Å². The summed E-state index contributed by atoms with van der Waals surface area (Å²) in [6.45, 7) is 3.87. The van der Waals surface area contributed by atoms with Gasteiger partial charge in [0.2, 0.25) is 5.91 Å². The quantitative estimate of drug-likeness (QED) is 0.483. The zero-order valence-electron chi connectivity index (χ0n) is 7.80. The zero-order valence-corrected chi connectivity index (χ0v) is 7.80. The van der Waals surface area contributed by atoms with Gasteiger partial charge >= 0.3 is 0 Å². The standard InChI is InChI=1S/C9H17NO2/c1-8(2)10-9(12)6-4-3-5-7-11/h7-8H,3-6H2,1-2H3,(H,10,12). The number of aldehydes is 1. The SMILES string of the molecule is CC(C)NC(=O)CCCCC=O. The van der Waals surface area contributed by atoms with Crippen molar-refractivity contribution in [2.75, 3.05) is 0 Å². The number of amides is 1. The monoisotopic (exact) mass is 171 g/mol. The Morgan fingerprint density at radius 1 is 1.42 bits per heavy atom. The first kappa shape index (κ1) is 11.1. The Balaban J connectivity index is 3.25. The van der Waals surface area contributed by atoms with E-state index in [9.17, 15) is 9.59 Å². The average molecular weight is 171 g/mol. The molecule has 70 valence electrons. The minimum Gasteiger partial charge on any atom is -0.354 e. The second-order valence-corrected chi connectivity index (χ2v) is 3.13. The summed E-state index contributed by atoms with van der Waals surface area (Å²) in [4.78, 5) is 20.9. The normalized spacial score (nSPS) is 9.92. The summed E-state index contributed by atoms with van der Waals surface area (Å²) in [6.07, 6.45) is 3.60. The molecule has 0 atom stereocenters. The van der Waals surface area contributed by atoms with Gasteiger partial charge in [0.1, 0.15) is 6.29 Å². The molecule has 1 N–H and O–H groups in total. The third-order valence-corrected chi connectivity index (χ3v) is 1.43. The molecule has 3 heteroatoms.